The number of anilines is 1. The summed E-state index contributed by atoms with van der Waals surface area (Å²) >= 11 is 0. The van der Waals surface area contributed by atoms with Crippen molar-refractivity contribution in [1.29, 1.82) is 0 Å². The average molecular weight is 605 g/mol. The highest BCUT2D eigenvalue weighted by molar-refractivity contribution is 5.98. The molecule has 2 aromatic heterocycles. The number of Topliss-reactive ketones (excluding diaryl/α,β-unsaturated/α-hetero) is 1. The Morgan fingerprint density at radius 1 is 0.955 bits per heavy atom. The minimum absolute atomic E-state index is 0.0163. The fraction of sp³-hybridized carbons (Fsp3) is 0.212. The summed E-state index contributed by atoms with van der Waals surface area (Å²) in [5, 5.41) is 0. The highest BCUT2D eigenvalue weighted by Gasteiger charge is 2.29. The number of aromatic nitrogens is 2. The van der Waals surface area contributed by atoms with Gasteiger partial charge in [-0.1, -0.05) is 42.5 Å². The monoisotopic (exact) mass is 604 g/mol. The second kappa shape index (κ2) is 12.3. The number of nitrogens with zero attached hydrogens (tertiary/aromatic N) is 3. The van der Waals surface area contributed by atoms with E-state index in [-0.39, 0.29) is 23.5 Å². The maximum absolute atomic E-state index is 13.4. The molecule has 1 aliphatic rings. The van der Waals surface area contributed by atoms with Crippen LogP contribution in [0.2, 0.25) is 0 Å². The van der Waals surface area contributed by atoms with Gasteiger partial charge in [-0.3, -0.25) is 14.4 Å². The highest BCUT2D eigenvalue weighted by Crippen LogP contribution is 2.30. The van der Waals surface area contributed by atoms with Gasteiger partial charge >= 0.3 is 6.18 Å². The minimum atomic E-state index is -4.60. The topological polar surface area (TPSA) is 98.3 Å². The number of amides is 1. The summed E-state index contributed by atoms with van der Waals surface area (Å²) in [6, 6.07) is 13.5. The van der Waals surface area contributed by atoms with Gasteiger partial charge in [-0.15, -0.1) is 0 Å². The Balaban J connectivity index is 1.40. The predicted molar refractivity (Wildman–Crippen MR) is 159 cm³/mol. The van der Waals surface area contributed by atoms with Crippen molar-refractivity contribution >= 4 is 23.1 Å². The lowest BCUT2D eigenvalue weighted by atomic mass is 9.95. The molecule has 1 aliphatic heterocycles. The first kappa shape index (κ1) is 30.4. The second-order valence-corrected chi connectivity index (χ2v) is 10.6. The van der Waals surface area contributed by atoms with Crippen LogP contribution in [0.15, 0.2) is 84.1 Å². The van der Waals surface area contributed by atoms with Crippen molar-refractivity contribution < 1.29 is 27.2 Å². The zero-order valence-electron chi connectivity index (χ0n) is 23.7. The number of ketones is 1. The van der Waals surface area contributed by atoms with Gasteiger partial charge in [-0.25, -0.2) is 9.37 Å². The first-order valence-corrected chi connectivity index (χ1v) is 13.8. The third kappa shape index (κ3) is 6.94. The molecule has 11 heteroatoms. The van der Waals surface area contributed by atoms with Gasteiger partial charge in [0.2, 0.25) is 5.91 Å². The van der Waals surface area contributed by atoms with Gasteiger partial charge in [-0.05, 0) is 52.4 Å². The third-order valence-corrected chi connectivity index (χ3v) is 7.47. The van der Waals surface area contributed by atoms with Crippen molar-refractivity contribution in [3.8, 4) is 22.3 Å². The Morgan fingerprint density at radius 3 is 2.23 bits per heavy atom. The molecule has 3 heterocycles. The number of nitrogen functional groups attached to an aromatic ring is 1. The Hall–Kier alpha value is -5.06. The molecule has 7 nitrogen and oxygen atoms in total. The van der Waals surface area contributed by atoms with E-state index in [1.54, 1.807) is 35.4 Å². The molecule has 0 saturated heterocycles. The van der Waals surface area contributed by atoms with Crippen LogP contribution in [-0.2, 0) is 17.8 Å². The molecular weight excluding hydrogens is 576 g/mol. The van der Waals surface area contributed by atoms with Gasteiger partial charge in [0.15, 0.2) is 11.2 Å². The fourth-order valence-corrected chi connectivity index (χ4v) is 5.15. The molecule has 0 fully saturated rings. The summed E-state index contributed by atoms with van der Waals surface area (Å²) in [4.78, 5) is 44.2. The maximum Gasteiger partial charge on any atom is 0.406 e. The predicted octanol–water partition coefficient (Wildman–Crippen LogP) is 5.92. The van der Waals surface area contributed by atoms with E-state index in [4.69, 9.17) is 5.73 Å². The minimum Gasteiger partial charge on any atom is -0.383 e. The highest BCUT2D eigenvalue weighted by atomic mass is 19.4. The van der Waals surface area contributed by atoms with Crippen LogP contribution in [0, 0.1) is 5.82 Å². The molecular formula is C33H28F4N4O3. The van der Waals surface area contributed by atoms with Crippen LogP contribution in [0.4, 0.5) is 23.4 Å². The zero-order chi connectivity index (χ0) is 31.6. The summed E-state index contributed by atoms with van der Waals surface area (Å²) in [6.07, 6.45) is 1.45. The second-order valence-electron chi connectivity index (χ2n) is 10.6. The Morgan fingerprint density at radius 2 is 1.61 bits per heavy atom. The van der Waals surface area contributed by atoms with E-state index < -0.39 is 35.3 Å². The van der Waals surface area contributed by atoms with E-state index in [9.17, 15) is 31.9 Å². The number of alkyl halides is 3. The van der Waals surface area contributed by atoms with Gasteiger partial charge in [0.25, 0.3) is 0 Å². The third-order valence-electron chi connectivity index (χ3n) is 7.47. The molecule has 2 N–H and O–H groups in total. The normalized spacial score (nSPS) is 13.5. The smallest absolute Gasteiger partial charge is 0.383 e. The van der Waals surface area contributed by atoms with Crippen LogP contribution in [0.1, 0.15) is 34.8 Å². The summed E-state index contributed by atoms with van der Waals surface area (Å²) in [7, 11) is 0. The van der Waals surface area contributed by atoms with Gasteiger partial charge < -0.3 is 15.2 Å². The van der Waals surface area contributed by atoms with E-state index in [1.807, 2.05) is 12.1 Å². The first-order chi connectivity index (χ1) is 20.9. The van der Waals surface area contributed by atoms with E-state index in [2.05, 4.69) is 4.98 Å². The van der Waals surface area contributed by atoms with E-state index >= 15 is 0 Å². The molecule has 0 atom stereocenters. The number of hydrogen-bond acceptors (Lipinski definition) is 5. The Bertz CT molecular complexity index is 1810. The van der Waals surface area contributed by atoms with Gasteiger partial charge in [-0.2, -0.15) is 13.2 Å². The number of halogens is 4. The molecule has 0 unspecified atom stereocenters. The molecule has 4 aromatic rings. The molecule has 0 aliphatic carbocycles. The molecule has 5 rings (SSSR count). The van der Waals surface area contributed by atoms with E-state index in [0.29, 0.717) is 36.5 Å². The van der Waals surface area contributed by atoms with Crippen molar-refractivity contribution in [2.45, 2.75) is 32.5 Å². The maximum atomic E-state index is 13.4. The number of nitrogens with two attached hydrogens (primary N) is 1. The lowest BCUT2D eigenvalue weighted by molar-refractivity contribution is -0.140. The molecule has 0 spiro atoms. The molecule has 226 valence electrons. The number of carbonyl (C=O) groups excluding carboxylic acids is 2. The zero-order valence-corrected chi connectivity index (χ0v) is 23.7. The lowest BCUT2D eigenvalue weighted by Crippen LogP contribution is -2.32. The standard InChI is InChI=1S/C33H28F4N4O3/c1-20(42)41-12-10-22(11-13-41)25-15-27(32(38)39-16-25)23-4-2-21(3-5-23)14-30(43)29-18-40(19-33(35,36)37)17-28(31(29)44)24-6-8-26(34)9-7-24/h2-10,15-18H,11-14,19H2,1H3,(H2,38,39). The van der Waals surface area contributed by atoms with Gasteiger partial charge in [0, 0.05) is 56.2 Å². The van der Waals surface area contributed by atoms with Crippen molar-refractivity contribution in [3.63, 3.8) is 0 Å². The SMILES string of the molecule is CC(=O)N1CC=C(c2cnc(N)c(-c3ccc(CC(=O)c4cn(CC(F)(F)F)cc(-c5ccc(F)cc5)c4=O)cc3)c2)CC1. The van der Waals surface area contributed by atoms with E-state index in [0.717, 1.165) is 45.8 Å². The van der Waals surface area contributed by atoms with Crippen molar-refractivity contribution in [1.82, 2.24) is 14.5 Å². The van der Waals surface area contributed by atoms with Crippen molar-refractivity contribution in [2.24, 2.45) is 0 Å². The molecule has 0 bridgehead atoms. The molecule has 1 amide bonds. The van der Waals surface area contributed by atoms with Crippen LogP contribution < -0.4 is 11.2 Å². The van der Waals surface area contributed by atoms with Gasteiger partial charge in [0.1, 0.15) is 18.2 Å². The Kier molecular flexibility index (Phi) is 8.48. The number of hydrogen-bond donors (Lipinski definition) is 1. The number of benzene rings is 2. The van der Waals surface area contributed by atoms with Gasteiger partial charge in [0.05, 0.1) is 5.56 Å². The average Bonchev–Trinajstić information content (AvgIpc) is 2.98. The summed E-state index contributed by atoms with van der Waals surface area (Å²) < 4.78 is 53.9. The largest absolute Gasteiger partial charge is 0.406 e. The molecule has 0 radical (unpaired) electrons. The number of pyridine rings is 2. The van der Waals surface area contributed by atoms with Crippen LogP contribution in [0.25, 0.3) is 27.8 Å². The van der Waals surface area contributed by atoms with Crippen LogP contribution >= 0.6 is 0 Å². The molecule has 44 heavy (non-hydrogen) atoms. The molecule has 2 aromatic carbocycles. The Labute approximate surface area is 250 Å². The lowest BCUT2D eigenvalue weighted by Gasteiger charge is -2.25. The van der Waals surface area contributed by atoms with Crippen LogP contribution in [0.5, 0.6) is 0 Å². The summed E-state index contributed by atoms with van der Waals surface area (Å²) in [5.41, 5.74) is 8.98. The number of carbonyl (C=O) groups is 2. The fourth-order valence-electron chi connectivity index (χ4n) is 5.15. The van der Waals surface area contributed by atoms with E-state index in [1.165, 1.54) is 19.1 Å². The van der Waals surface area contributed by atoms with Crippen molar-refractivity contribution in [3.05, 3.63) is 112 Å². The summed E-state index contributed by atoms with van der Waals surface area (Å²) in [6.45, 7) is 1.25. The number of rotatable bonds is 7. The summed E-state index contributed by atoms with van der Waals surface area (Å²) in [5.74, 6) is -0.907. The van der Waals surface area contributed by atoms with Crippen LogP contribution in [-0.4, -0.2) is 45.4 Å². The van der Waals surface area contributed by atoms with Crippen molar-refractivity contribution in [2.75, 3.05) is 18.8 Å². The molecule has 0 saturated carbocycles. The quantitative estimate of drug-likeness (QED) is 0.209. The van der Waals surface area contributed by atoms with Crippen LogP contribution in [0.3, 0.4) is 0 Å². The first-order valence-electron chi connectivity index (χ1n) is 13.8.